The molecular formula is C18H18F3N3O. The van der Waals surface area contributed by atoms with E-state index in [1.807, 2.05) is 4.90 Å². The first kappa shape index (κ1) is 17.1. The molecule has 0 radical (unpaired) electrons. The van der Waals surface area contributed by atoms with Crippen molar-refractivity contribution in [2.45, 2.75) is 6.18 Å². The average Bonchev–Trinajstić information content (AvgIpc) is 2.61. The first-order chi connectivity index (χ1) is 11.9. The van der Waals surface area contributed by atoms with Gasteiger partial charge in [0.15, 0.2) is 0 Å². The summed E-state index contributed by atoms with van der Waals surface area (Å²) in [6.45, 7) is 2.11. The van der Waals surface area contributed by atoms with Gasteiger partial charge in [-0.1, -0.05) is 12.1 Å². The molecule has 0 unspecified atom stereocenters. The molecule has 0 bridgehead atoms. The number of anilines is 2. The fourth-order valence-electron chi connectivity index (χ4n) is 2.89. The number of hydrogen-bond donors (Lipinski definition) is 1. The molecule has 132 valence electrons. The third-order valence-corrected chi connectivity index (χ3v) is 4.32. The van der Waals surface area contributed by atoms with Gasteiger partial charge in [0, 0.05) is 37.6 Å². The fraction of sp³-hybridized carbons (Fsp3) is 0.278. The molecule has 1 amide bonds. The van der Waals surface area contributed by atoms with Crippen molar-refractivity contribution in [1.82, 2.24) is 4.90 Å². The highest BCUT2D eigenvalue weighted by Crippen LogP contribution is 2.30. The Labute approximate surface area is 143 Å². The molecule has 0 aromatic heterocycles. The summed E-state index contributed by atoms with van der Waals surface area (Å²) >= 11 is 0. The van der Waals surface area contributed by atoms with Gasteiger partial charge in [-0.25, -0.2) is 0 Å². The van der Waals surface area contributed by atoms with Crippen LogP contribution in [0.1, 0.15) is 15.9 Å². The molecule has 1 aliphatic heterocycles. The molecular weight excluding hydrogens is 331 g/mol. The van der Waals surface area contributed by atoms with Gasteiger partial charge in [0.2, 0.25) is 0 Å². The Balaban J connectivity index is 1.64. The van der Waals surface area contributed by atoms with Gasteiger partial charge >= 0.3 is 6.18 Å². The first-order valence-corrected chi connectivity index (χ1v) is 7.92. The van der Waals surface area contributed by atoms with Crippen molar-refractivity contribution >= 4 is 17.3 Å². The number of nitrogen functional groups attached to an aromatic ring is 1. The van der Waals surface area contributed by atoms with Crippen LogP contribution in [0.3, 0.4) is 0 Å². The highest BCUT2D eigenvalue weighted by Gasteiger charge is 2.30. The van der Waals surface area contributed by atoms with E-state index in [4.69, 9.17) is 5.73 Å². The van der Waals surface area contributed by atoms with Gasteiger partial charge < -0.3 is 15.5 Å². The molecule has 1 saturated heterocycles. The van der Waals surface area contributed by atoms with Crippen LogP contribution in [0.4, 0.5) is 24.5 Å². The summed E-state index contributed by atoms with van der Waals surface area (Å²) < 4.78 is 37.9. The van der Waals surface area contributed by atoms with Crippen LogP contribution in [0, 0.1) is 0 Å². The normalized spacial score (nSPS) is 15.3. The highest BCUT2D eigenvalue weighted by atomic mass is 19.4. The van der Waals surface area contributed by atoms with E-state index in [9.17, 15) is 18.0 Å². The second-order valence-electron chi connectivity index (χ2n) is 5.91. The average molecular weight is 349 g/mol. The molecule has 0 atom stereocenters. The number of halogens is 3. The fourth-order valence-corrected chi connectivity index (χ4v) is 2.89. The zero-order chi connectivity index (χ0) is 18.0. The number of piperazine rings is 1. The summed E-state index contributed by atoms with van der Waals surface area (Å²) in [5.41, 5.74) is 6.82. The minimum absolute atomic E-state index is 0.120. The van der Waals surface area contributed by atoms with E-state index in [0.717, 1.165) is 17.8 Å². The summed E-state index contributed by atoms with van der Waals surface area (Å²) in [5.74, 6) is -0.120. The molecule has 2 aromatic rings. The Morgan fingerprint density at radius 1 is 0.920 bits per heavy atom. The summed E-state index contributed by atoms with van der Waals surface area (Å²) in [4.78, 5) is 16.2. The van der Waals surface area contributed by atoms with E-state index in [-0.39, 0.29) is 5.91 Å². The maximum Gasteiger partial charge on any atom is 0.416 e. The number of carbonyl (C=O) groups is 1. The van der Waals surface area contributed by atoms with E-state index in [1.165, 1.54) is 12.1 Å². The lowest BCUT2D eigenvalue weighted by Crippen LogP contribution is -2.48. The van der Waals surface area contributed by atoms with Crippen LogP contribution in [0.2, 0.25) is 0 Å². The van der Waals surface area contributed by atoms with Crippen molar-refractivity contribution in [3.63, 3.8) is 0 Å². The number of para-hydroxylation sites is 1. The summed E-state index contributed by atoms with van der Waals surface area (Å²) in [5, 5.41) is 0. The number of amides is 1. The zero-order valence-electron chi connectivity index (χ0n) is 13.5. The number of rotatable bonds is 2. The Kier molecular flexibility index (Phi) is 4.57. The largest absolute Gasteiger partial charge is 0.416 e. The number of carbonyl (C=O) groups excluding carboxylic acids is 1. The lowest BCUT2D eigenvalue weighted by Gasteiger charge is -2.36. The second kappa shape index (κ2) is 6.66. The molecule has 2 N–H and O–H groups in total. The predicted molar refractivity (Wildman–Crippen MR) is 90.4 cm³/mol. The molecule has 1 heterocycles. The summed E-state index contributed by atoms with van der Waals surface area (Å²) in [6.07, 6.45) is -4.33. The van der Waals surface area contributed by atoms with E-state index >= 15 is 0 Å². The van der Waals surface area contributed by atoms with Crippen molar-refractivity contribution < 1.29 is 18.0 Å². The maximum atomic E-state index is 12.6. The number of benzene rings is 2. The van der Waals surface area contributed by atoms with Crippen molar-refractivity contribution in [3.8, 4) is 0 Å². The zero-order valence-corrected chi connectivity index (χ0v) is 13.5. The lowest BCUT2D eigenvalue weighted by atomic mass is 10.1. The third kappa shape index (κ3) is 3.70. The minimum Gasteiger partial charge on any atom is -0.398 e. The van der Waals surface area contributed by atoms with Gasteiger partial charge in [-0.15, -0.1) is 0 Å². The van der Waals surface area contributed by atoms with Crippen LogP contribution in [0.5, 0.6) is 0 Å². The van der Waals surface area contributed by atoms with E-state index in [1.54, 1.807) is 29.2 Å². The SMILES string of the molecule is Nc1ccccc1C(=O)N1CCN(c2ccc(C(F)(F)F)cc2)CC1. The standard InChI is InChI=1S/C18H18F3N3O/c19-18(20,21)13-5-7-14(8-6-13)23-9-11-24(12-10-23)17(25)15-3-1-2-4-16(15)22/h1-8H,9-12,22H2. The molecule has 0 saturated carbocycles. The van der Waals surface area contributed by atoms with Crippen molar-refractivity contribution in [3.05, 3.63) is 59.7 Å². The summed E-state index contributed by atoms with van der Waals surface area (Å²) in [6, 6.07) is 12.0. The van der Waals surface area contributed by atoms with Crippen molar-refractivity contribution in [2.24, 2.45) is 0 Å². The first-order valence-electron chi connectivity index (χ1n) is 7.92. The maximum absolute atomic E-state index is 12.6. The van der Waals surface area contributed by atoms with Crippen molar-refractivity contribution in [1.29, 1.82) is 0 Å². The van der Waals surface area contributed by atoms with Crippen LogP contribution in [0.15, 0.2) is 48.5 Å². The number of nitrogens with two attached hydrogens (primary N) is 1. The van der Waals surface area contributed by atoms with Crippen LogP contribution in [0.25, 0.3) is 0 Å². The third-order valence-electron chi connectivity index (χ3n) is 4.32. The van der Waals surface area contributed by atoms with E-state index in [2.05, 4.69) is 0 Å². The topological polar surface area (TPSA) is 49.6 Å². The molecule has 4 nitrogen and oxygen atoms in total. The molecule has 1 fully saturated rings. The van der Waals surface area contributed by atoms with Gasteiger partial charge in [-0.05, 0) is 36.4 Å². The van der Waals surface area contributed by atoms with Gasteiger partial charge in [0.1, 0.15) is 0 Å². The monoisotopic (exact) mass is 349 g/mol. The van der Waals surface area contributed by atoms with E-state index in [0.29, 0.717) is 37.4 Å². The molecule has 0 spiro atoms. The Morgan fingerprint density at radius 2 is 1.52 bits per heavy atom. The van der Waals surface area contributed by atoms with Crippen molar-refractivity contribution in [2.75, 3.05) is 36.8 Å². The number of nitrogens with zero attached hydrogens (tertiary/aromatic N) is 2. The highest BCUT2D eigenvalue weighted by molar-refractivity contribution is 5.99. The van der Waals surface area contributed by atoms with Crippen LogP contribution in [-0.4, -0.2) is 37.0 Å². The summed E-state index contributed by atoms with van der Waals surface area (Å²) in [7, 11) is 0. The molecule has 0 aliphatic carbocycles. The molecule has 25 heavy (non-hydrogen) atoms. The van der Waals surface area contributed by atoms with E-state index < -0.39 is 11.7 Å². The minimum atomic E-state index is -4.33. The molecule has 2 aromatic carbocycles. The number of hydrogen-bond acceptors (Lipinski definition) is 3. The predicted octanol–water partition coefficient (Wildman–Crippen LogP) is 3.25. The Morgan fingerprint density at radius 3 is 2.08 bits per heavy atom. The van der Waals surface area contributed by atoms with Gasteiger partial charge in [-0.2, -0.15) is 13.2 Å². The molecule has 3 rings (SSSR count). The quantitative estimate of drug-likeness (QED) is 0.847. The molecule has 1 aliphatic rings. The van der Waals surface area contributed by atoms with Gasteiger partial charge in [-0.3, -0.25) is 4.79 Å². The Bertz CT molecular complexity index is 751. The molecule has 7 heteroatoms. The Hall–Kier alpha value is -2.70. The van der Waals surface area contributed by atoms with Crippen LogP contribution < -0.4 is 10.6 Å². The van der Waals surface area contributed by atoms with Gasteiger partial charge in [0.25, 0.3) is 5.91 Å². The lowest BCUT2D eigenvalue weighted by molar-refractivity contribution is -0.137. The van der Waals surface area contributed by atoms with Gasteiger partial charge in [0.05, 0.1) is 11.1 Å². The second-order valence-corrected chi connectivity index (χ2v) is 5.91. The number of alkyl halides is 3. The smallest absolute Gasteiger partial charge is 0.398 e. The van der Waals surface area contributed by atoms with Crippen LogP contribution in [-0.2, 0) is 6.18 Å². The van der Waals surface area contributed by atoms with Crippen LogP contribution >= 0.6 is 0 Å².